The number of aromatic nitrogens is 2. The van der Waals surface area contributed by atoms with Gasteiger partial charge in [-0.15, -0.1) is 0 Å². The van der Waals surface area contributed by atoms with E-state index >= 15 is 0 Å². The normalized spacial score (nSPS) is 11.7. The number of H-pyrrole nitrogens is 1. The first-order valence-corrected chi connectivity index (χ1v) is 7.56. The van der Waals surface area contributed by atoms with Crippen LogP contribution < -0.4 is 5.11 Å². The average Bonchev–Trinajstić information content (AvgIpc) is 2.90. The van der Waals surface area contributed by atoms with Crippen LogP contribution in [0.4, 0.5) is 13.2 Å². The summed E-state index contributed by atoms with van der Waals surface area (Å²) in [6, 6.07) is 6.02. The summed E-state index contributed by atoms with van der Waals surface area (Å²) in [5.74, 6) is -2.05. The second-order valence-corrected chi connectivity index (χ2v) is 5.83. The molecule has 3 aromatic rings. The number of benzene rings is 1. The standard InChI is InChI=1S/C18H13F3N2O3/c1-9-4-5-22-14(6-9)17(26)16-12(8-15(24)25)11-3-2-10(18(19,20)21)7-13(11)23-16/h2-7,23H,8H2,1H3,(H,24,25)/p-1. The number of aromatic amines is 1. The fraction of sp³-hybridized carbons (Fsp3) is 0.167. The van der Waals surface area contributed by atoms with Crippen molar-refractivity contribution in [3.63, 3.8) is 0 Å². The third-order valence-corrected chi connectivity index (χ3v) is 3.93. The number of hydrogen-bond acceptors (Lipinski definition) is 4. The van der Waals surface area contributed by atoms with Crippen molar-refractivity contribution in [1.29, 1.82) is 0 Å². The summed E-state index contributed by atoms with van der Waals surface area (Å²) in [5.41, 5.74) is -0.0952. The molecule has 8 heteroatoms. The fourth-order valence-electron chi connectivity index (χ4n) is 2.74. The number of carbonyl (C=O) groups excluding carboxylic acids is 2. The largest absolute Gasteiger partial charge is 0.550 e. The number of ketones is 1. The van der Waals surface area contributed by atoms with Gasteiger partial charge in [0.2, 0.25) is 5.78 Å². The highest BCUT2D eigenvalue weighted by Crippen LogP contribution is 2.33. The van der Waals surface area contributed by atoms with Crippen LogP contribution in [0.1, 0.15) is 32.9 Å². The number of nitrogens with zero attached hydrogens (tertiary/aromatic N) is 1. The Kier molecular flexibility index (Phi) is 4.27. The van der Waals surface area contributed by atoms with Crippen molar-refractivity contribution in [3.05, 3.63) is 64.6 Å². The van der Waals surface area contributed by atoms with Gasteiger partial charge in [0, 0.05) is 29.5 Å². The van der Waals surface area contributed by atoms with Gasteiger partial charge in [-0.2, -0.15) is 13.2 Å². The topological polar surface area (TPSA) is 85.9 Å². The second kappa shape index (κ2) is 6.29. The van der Waals surface area contributed by atoms with Gasteiger partial charge < -0.3 is 14.9 Å². The number of pyridine rings is 1. The van der Waals surface area contributed by atoms with Crippen LogP contribution in [0.3, 0.4) is 0 Å². The molecule has 26 heavy (non-hydrogen) atoms. The van der Waals surface area contributed by atoms with Crippen molar-refractivity contribution < 1.29 is 27.9 Å². The van der Waals surface area contributed by atoms with Gasteiger partial charge in [0.15, 0.2) is 0 Å². The minimum atomic E-state index is -4.56. The summed E-state index contributed by atoms with van der Waals surface area (Å²) < 4.78 is 38.7. The van der Waals surface area contributed by atoms with Crippen molar-refractivity contribution in [2.24, 2.45) is 0 Å². The van der Waals surface area contributed by atoms with Gasteiger partial charge in [-0.1, -0.05) is 6.07 Å². The van der Waals surface area contributed by atoms with E-state index in [1.807, 2.05) is 0 Å². The van der Waals surface area contributed by atoms with E-state index in [1.54, 1.807) is 13.0 Å². The zero-order chi connectivity index (χ0) is 19.1. The van der Waals surface area contributed by atoms with E-state index < -0.39 is 29.9 Å². The highest BCUT2D eigenvalue weighted by molar-refractivity contribution is 6.11. The monoisotopic (exact) mass is 361 g/mol. The molecule has 2 heterocycles. The van der Waals surface area contributed by atoms with Crippen molar-refractivity contribution in [1.82, 2.24) is 9.97 Å². The number of nitrogens with one attached hydrogen (secondary N) is 1. The van der Waals surface area contributed by atoms with Gasteiger partial charge in [0.05, 0.1) is 11.3 Å². The van der Waals surface area contributed by atoms with Gasteiger partial charge in [-0.05, 0) is 42.3 Å². The number of halogens is 3. The summed E-state index contributed by atoms with van der Waals surface area (Å²) in [6.45, 7) is 1.75. The third-order valence-electron chi connectivity index (χ3n) is 3.93. The number of carbonyl (C=O) groups is 2. The summed E-state index contributed by atoms with van der Waals surface area (Å²) in [4.78, 5) is 30.4. The predicted molar refractivity (Wildman–Crippen MR) is 84.4 cm³/mol. The lowest BCUT2D eigenvalue weighted by atomic mass is 10.0. The number of aliphatic carboxylic acids is 1. The van der Waals surface area contributed by atoms with Crippen LogP contribution in [0.5, 0.6) is 0 Å². The highest BCUT2D eigenvalue weighted by Gasteiger charge is 2.31. The van der Waals surface area contributed by atoms with Gasteiger partial charge in [-0.3, -0.25) is 9.78 Å². The molecule has 0 amide bonds. The van der Waals surface area contributed by atoms with Gasteiger partial charge in [0.25, 0.3) is 0 Å². The molecular weight excluding hydrogens is 349 g/mol. The molecule has 0 saturated heterocycles. The van der Waals surface area contributed by atoms with Crippen LogP contribution in [0.2, 0.25) is 0 Å². The van der Waals surface area contributed by atoms with E-state index in [2.05, 4.69) is 9.97 Å². The lowest BCUT2D eigenvalue weighted by Crippen LogP contribution is -2.25. The lowest BCUT2D eigenvalue weighted by Gasteiger charge is -2.07. The molecule has 0 bridgehead atoms. The van der Waals surface area contributed by atoms with Crippen LogP contribution >= 0.6 is 0 Å². The molecule has 0 aliphatic heterocycles. The molecule has 0 radical (unpaired) electrons. The maximum absolute atomic E-state index is 12.9. The van der Waals surface area contributed by atoms with E-state index in [0.717, 1.165) is 23.8 Å². The Morgan fingerprint density at radius 3 is 2.54 bits per heavy atom. The Labute approximate surface area is 145 Å². The van der Waals surface area contributed by atoms with Crippen molar-refractivity contribution in [3.8, 4) is 0 Å². The molecule has 1 aromatic carbocycles. The van der Waals surface area contributed by atoms with E-state index in [9.17, 15) is 27.9 Å². The summed E-state index contributed by atoms with van der Waals surface area (Å²) >= 11 is 0. The molecule has 0 saturated carbocycles. The molecule has 0 atom stereocenters. The fourth-order valence-corrected chi connectivity index (χ4v) is 2.74. The predicted octanol–water partition coefficient (Wildman–Crippen LogP) is 2.41. The Bertz CT molecular complexity index is 1020. The molecule has 0 aliphatic rings. The maximum Gasteiger partial charge on any atom is 0.416 e. The second-order valence-electron chi connectivity index (χ2n) is 5.83. The number of hydrogen-bond donors (Lipinski definition) is 1. The Morgan fingerprint density at radius 1 is 1.19 bits per heavy atom. The van der Waals surface area contributed by atoms with Crippen LogP contribution in [-0.2, 0) is 17.4 Å². The first-order valence-electron chi connectivity index (χ1n) is 7.56. The molecule has 5 nitrogen and oxygen atoms in total. The molecule has 1 N–H and O–H groups in total. The van der Waals surface area contributed by atoms with Crippen molar-refractivity contribution in [2.75, 3.05) is 0 Å². The van der Waals surface area contributed by atoms with Crippen LogP contribution in [-0.4, -0.2) is 21.7 Å². The number of alkyl halides is 3. The number of carboxylic acid groups (broad SMARTS) is 1. The Balaban J connectivity index is 2.19. The third kappa shape index (κ3) is 3.30. The van der Waals surface area contributed by atoms with Gasteiger partial charge in [0.1, 0.15) is 5.69 Å². The summed E-state index contributed by atoms with van der Waals surface area (Å²) in [7, 11) is 0. The number of aryl methyl sites for hydroxylation is 1. The molecule has 0 fully saturated rings. The molecule has 0 aliphatic carbocycles. The average molecular weight is 361 g/mol. The van der Waals surface area contributed by atoms with E-state index in [1.165, 1.54) is 12.3 Å². The smallest absolute Gasteiger partial charge is 0.416 e. The highest BCUT2D eigenvalue weighted by atomic mass is 19.4. The first-order chi connectivity index (χ1) is 12.2. The SMILES string of the molecule is Cc1ccnc(C(=O)c2[nH]c3cc(C(F)(F)F)ccc3c2CC(=O)[O-])c1. The zero-order valence-electron chi connectivity index (χ0n) is 13.5. The number of rotatable bonds is 4. The van der Waals surface area contributed by atoms with Crippen LogP contribution in [0.25, 0.3) is 10.9 Å². The zero-order valence-corrected chi connectivity index (χ0v) is 13.5. The van der Waals surface area contributed by atoms with Crippen LogP contribution in [0.15, 0.2) is 36.5 Å². The summed E-state index contributed by atoms with van der Waals surface area (Å²) in [6.07, 6.45) is -3.75. The van der Waals surface area contributed by atoms with Crippen LogP contribution in [0, 0.1) is 6.92 Å². The lowest BCUT2D eigenvalue weighted by molar-refractivity contribution is -0.304. The maximum atomic E-state index is 12.9. The van der Waals surface area contributed by atoms with E-state index in [0.29, 0.717) is 0 Å². The van der Waals surface area contributed by atoms with Gasteiger partial charge in [-0.25, -0.2) is 0 Å². The molecule has 3 rings (SSSR count). The number of fused-ring (bicyclic) bond motifs is 1. The molecule has 0 spiro atoms. The number of carboxylic acids is 1. The minimum absolute atomic E-state index is 0.0204. The van der Waals surface area contributed by atoms with E-state index in [4.69, 9.17) is 0 Å². The van der Waals surface area contributed by atoms with E-state index in [-0.39, 0.29) is 27.9 Å². The Hall–Kier alpha value is -3.16. The molecule has 2 aromatic heterocycles. The first kappa shape index (κ1) is 17.7. The minimum Gasteiger partial charge on any atom is -0.550 e. The Morgan fingerprint density at radius 2 is 1.92 bits per heavy atom. The quantitative estimate of drug-likeness (QED) is 0.723. The molecular formula is C18H12F3N2O3-. The van der Waals surface area contributed by atoms with Gasteiger partial charge >= 0.3 is 6.18 Å². The molecule has 134 valence electrons. The van der Waals surface area contributed by atoms with Crippen molar-refractivity contribution >= 4 is 22.7 Å². The molecule has 0 unspecified atom stereocenters. The summed E-state index contributed by atoms with van der Waals surface area (Å²) in [5, 5.41) is 11.3. The van der Waals surface area contributed by atoms with Crippen molar-refractivity contribution in [2.45, 2.75) is 19.5 Å².